The van der Waals surface area contributed by atoms with Crippen LogP contribution in [0.15, 0.2) is 29.3 Å². The zero-order chi connectivity index (χ0) is 9.52. The van der Waals surface area contributed by atoms with Crippen LogP contribution in [0.2, 0.25) is 0 Å². The van der Waals surface area contributed by atoms with Crippen molar-refractivity contribution >= 4 is 17.4 Å². The van der Waals surface area contributed by atoms with Gasteiger partial charge in [0.1, 0.15) is 5.82 Å². The van der Waals surface area contributed by atoms with E-state index in [1.807, 2.05) is 6.07 Å². The molecule has 68 valence electrons. The van der Waals surface area contributed by atoms with Gasteiger partial charge in [0.15, 0.2) is 0 Å². The van der Waals surface area contributed by atoms with Crippen molar-refractivity contribution in [2.24, 2.45) is 4.99 Å². The van der Waals surface area contributed by atoms with E-state index >= 15 is 0 Å². The maximum atomic E-state index is 13.0. The topological polar surface area (TPSA) is 12.4 Å². The maximum Gasteiger partial charge on any atom is 0.126 e. The van der Waals surface area contributed by atoms with Crippen molar-refractivity contribution in [3.63, 3.8) is 0 Å². The highest BCUT2D eigenvalue weighted by molar-refractivity contribution is 7.78. The highest BCUT2D eigenvalue weighted by Gasteiger charge is 1.98. The molecule has 1 rings (SSSR count). The van der Waals surface area contributed by atoms with Gasteiger partial charge in [0.2, 0.25) is 0 Å². The summed E-state index contributed by atoms with van der Waals surface area (Å²) in [6.45, 7) is 0.623. The molecule has 0 aliphatic carbocycles. The van der Waals surface area contributed by atoms with Crippen LogP contribution in [0.25, 0.3) is 0 Å². The van der Waals surface area contributed by atoms with Gasteiger partial charge in [-0.3, -0.25) is 0 Å². The standard InChI is InChI=1S/C10H10FNS/c11-10-6-2-1-4-9(10)5-3-7-12-8-13/h1-2,4,6H,3,5,7H2. The Morgan fingerprint density at radius 1 is 1.38 bits per heavy atom. The molecule has 0 spiro atoms. The summed E-state index contributed by atoms with van der Waals surface area (Å²) in [6.07, 6.45) is 1.51. The van der Waals surface area contributed by atoms with Crippen LogP contribution in [0.1, 0.15) is 12.0 Å². The molecule has 0 N–H and O–H groups in total. The van der Waals surface area contributed by atoms with Crippen molar-refractivity contribution in [2.75, 3.05) is 6.54 Å². The summed E-state index contributed by atoms with van der Waals surface area (Å²) >= 11 is 4.42. The SMILES string of the molecule is Fc1ccccc1CCCN=C=S. The number of aryl methyl sites for hydroxylation is 1. The van der Waals surface area contributed by atoms with Crippen LogP contribution in [0.3, 0.4) is 0 Å². The van der Waals surface area contributed by atoms with E-state index in [1.54, 1.807) is 12.1 Å². The molecule has 0 saturated carbocycles. The molecular weight excluding hydrogens is 185 g/mol. The zero-order valence-corrected chi connectivity index (χ0v) is 7.98. The van der Waals surface area contributed by atoms with Gasteiger partial charge in [0.25, 0.3) is 0 Å². The molecule has 0 heterocycles. The lowest BCUT2D eigenvalue weighted by atomic mass is 10.1. The fraction of sp³-hybridized carbons (Fsp3) is 0.300. The molecule has 0 aliphatic heterocycles. The predicted molar refractivity (Wildman–Crippen MR) is 54.6 cm³/mol. The van der Waals surface area contributed by atoms with Crippen LogP contribution < -0.4 is 0 Å². The third-order valence-electron chi connectivity index (χ3n) is 1.74. The number of aliphatic imine (C=N–C) groups is 1. The lowest BCUT2D eigenvalue weighted by Gasteiger charge is -1.99. The molecule has 0 unspecified atom stereocenters. The molecule has 0 aromatic heterocycles. The largest absolute Gasteiger partial charge is 0.233 e. The Hall–Kier alpha value is -1.05. The first kappa shape index (κ1) is 10.0. The van der Waals surface area contributed by atoms with E-state index in [4.69, 9.17) is 0 Å². The Labute approximate surface area is 82.3 Å². The first-order valence-electron chi connectivity index (χ1n) is 4.11. The van der Waals surface area contributed by atoms with E-state index < -0.39 is 0 Å². The smallest absolute Gasteiger partial charge is 0.126 e. The molecule has 1 aromatic carbocycles. The van der Waals surface area contributed by atoms with E-state index in [-0.39, 0.29) is 5.82 Å². The number of benzene rings is 1. The van der Waals surface area contributed by atoms with E-state index in [0.717, 1.165) is 12.0 Å². The molecule has 0 radical (unpaired) electrons. The summed E-state index contributed by atoms with van der Waals surface area (Å²) in [5.74, 6) is -0.145. The van der Waals surface area contributed by atoms with E-state index in [2.05, 4.69) is 22.4 Å². The molecular formula is C10H10FNS. The van der Waals surface area contributed by atoms with Crippen LogP contribution in [-0.2, 0) is 6.42 Å². The quantitative estimate of drug-likeness (QED) is 0.409. The van der Waals surface area contributed by atoms with Gasteiger partial charge in [0.05, 0.1) is 5.16 Å². The van der Waals surface area contributed by atoms with Crippen molar-refractivity contribution in [1.82, 2.24) is 0 Å². The Balaban J connectivity index is 2.45. The summed E-state index contributed by atoms with van der Waals surface area (Å²) in [7, 11) is 0. The fourth-order valence-corrected chi connectivity index (χ4v) is 1.19. The summed E-state index contributed by atoms with van der Waals surface area (Å²) in [6, 6.07) is 6.78. The number of rotatable bonds is 4. The van der Waals surface area contributed by atoms with Gasteiger partial charge in [-0.05, 0) is 36.7 Å². The molecule has 13 heavy (non-hydrogen) atoms. The molecule has 3 heteroatoms. The predicted octanol–water partition coefficient (Wildman–Crippen LogP) is 2.86. The molecule has 0 aliphatic rings. The minimum atomic E-state index is -0.145. The van der Waals surface area contributed by atoms with Gasteiger partial charge in [0, 0.05) is 6.54 Å². The van der Waals surface area contributed by atoms with Gasteiger partial charge < -0.3 is 0 Å². The zero-order valence-electron chi connectivity index (χ0n) is 7.16. The van der Waals surface area contributed by atoms with Crippen LogP contribution >= 0.6 is 12.2 Å². The molecule has 0 saturated heterocycles. The van der Waals surface area contributed by atoms with Crippen molar-refractivity contribution in [3.8, 4) is 0 Å². The summed E-state index contributed by atoms with van der Waals surface area (Å²) < 4.78 is 13.0. The second-order valence-corrected chi connectivity index (χ2v) is 2.85. The van der Waals surface area contributed by atoms with E-state index in [0.29, 0.717) is 13.0 Å². The lowest BCUT2D eigenvalue weighted by molar-refractivity contribution is 0.605. The van der Waals surface area contributed by atoms with Crippen molar-refractivity contribution in [1.29, 1.82) is 0 Å². The Bertz CT molecular complexity index is 318. The average molecular weight is 195 g/mol. The lowest BCUT2D eigenvalue weighted by Crippen LogP contribution is -1.91. The van der Waals surface area contributed by atoms with E-state index in [9.17, 15) is 4.39 Å². The average Bonchev–Trinajstić information content (AvgIpc) is 2.15. The first-order valence-corrected chi connectivity index (χ1v) is 4.52. The fourth-order valence-electron chi connectivity index (χ4n) is 1.10. The number of isothiocyanates is 1. The third kappa shape index (κ3) is 3.45. The molecule has 1 nitrogen and oxygen atoms in total. The Kier molecular flexibility index (Phi) is 4.30. The van der Waals surface area contributed by atoms with Gasteiger partial charge in [-0.1, -0.05) is 18.2 Å². The highest BCUT2D eigenvalue weighted by atomic mass is 32.1. The van der Waals surface area contributed by atoms with Gasteiger partial charge in [-0.25, -0.2) is 9.38 Å². The summed E-state index contributed by atoms with van der Waals surface area (Å²) in [4.78, 5) is 3.76. The van der Waals surface area contributed by atoms with Gasteiger partial charge in [-0.15, -0.1) is 0 Å². The normalized spacial score (nSPS) is 9.31. The number of thiocarbonyl (C=S) groups is 1. The van der Waals surface area contributed by atoms with Gasteiger partial charge in [-0.2, -0.15) is 0 Å². The van der Waals surface area contributed by atoms with Crippen molar-refractivity contribution < 1.29 is 4.39 Å². The monoisotopic (exact) mass is 195 g/mol. The Morgan fingerprint density at radius 2 is 2.15 bits per heavy atom. The summed E-state index contributed by atoms with van der Waals surface area (Å²) in [5.41, 5.74) is 0.738. The number of hydrogen-bond acceptors (Lipinski definition) is 2. The molecule has 0 atom stereocenters. The number of halogens is 1. The minimum absolute atomic E-state index is 0.145. The molecule has 0 amide bonds. The molecule has 0 bridgehead atoms. The Morgan fingerprint density at radius 3 is 2.85 bits per heavy atom. The maximum absolute atomic E-state index is 13.0. The second kappa shape index (κ2) is 5.57. The minimum Gasteiger partial charge on any atom is -0.233 e. The van der Waals surface area contributed by atoms with E-state index in [1.165, 1.54) is 6.07 Å². The molecule has 1 aromatic rings. The van der Waals surface area contributed by atoms with Crippen molar-refractivity contribution in [2.45, 2.75) is 12.8 Å². The second-order valence-electron chi connectivity index (χ2n) is 2.67. The van der Waals surface area contributed by atoms with Crippen molar-refractivity contribution in [3.05, 3.63) is 35.6 Å². The number of hydrogen-bond donors (Lipinski definition) is 0. The van der Waals surface area contributed by atoms with Crippen LogP contribution in [0.4, 0.5) is 4.39 Å². The number of nitrogens with zero attached hydrogens (tertiary/aromatic N) is 1. The van der Waals surface area contributed by atoms with Crippen LogP contribution in [0, 0.1) is 5.82 Å². The highest BCUT2D eigenvalue weighted by Crippen LogP contribution is 2.08. The van der Waals surface area contributed by atoms with Crippen LogP contribution in [0.5, 0.6) is 0 Å². The summed E-state index contributed by atoms with van der Waals surface area (Å²) in [5, 5.41) is 2.28. The van der Waals surface area contributed by atoms with Crippen LogP contribution in [-0.4, -0.2) is 11.7 Å². The van der Waals surface area contributed by atoms with Gasteiger partial charge >= 0.3 is 0 Å². The first-order chi connectivity index (χ1) is 6.34. The third-order valence-corrected chi connectivity index (χ3v) is 1.87. The molecule has 0 fully saturated rings.